The van der Waals surface area contributed by atoms with E-state index >= 15 is 0 Å². The Morgan fingerprint density at radius 2 is 1.68 bits per heavy atom. The maximum atomic E-state index is 5.63. The second-order valence-electron chi connectivity index (χ2n) is 6.02. The van der Waals surface area contributed by atoms with E-state index in [0.29, 0.717) is 5.89 Å². The first-order valence-corrected chi connectivity index (χ1v) is 9.42. The SMILES string of the molecule is CN=C(N)Nc1nnc(-c2sc(-c3ccc(-c4ccccc4)cc3)nc2C)o1. The van der Waals surface area contributed by atoms with Crippen molar-refractivity contribution in [3.05, 3.63) is 60.3 Å². The van der Waals surface area contributed by atoms with Gasteiger partial charge in [-0.1, -0.05) is 59.7 Å². The number of aliphatic imine (C=N–C) groups is 1. The lowest BCUT2D eigenvalue weighted by molar-refractivity contribution is 0.589. The number of rotatable bonds is 4. The van der Waals surface area contributed by atoms with Crippen LogP contribution in [0.25, 0.3) is 32.5 Å². The molecule has 3 N–H and O–H groups in total. The number of nitrogens with one attached hydrogen (secondary N) is 1. The Bertz CT molecular complexity index is 1120. The summed E-state index contributed by atoms with van der Waals surface area (Å²) in [6, 6.07) is 18.8. The van der Waals surface area contributed by atoms with Crippen LogP contribution in [0.3, 0.4) is 0 Å². The van der Waals surface area contributed by atoms with E-state index in [1.165, 1.54) is 22.5 Å². The van der Waals surface area contributed by atoms with Crippen LogP contribution in [0.4, 0.5) is 6.01 Å². The molecule has 0 bridgehead atoms. The van der Waals surface area contributed by atoms with E-state index < -0.39 is 0 Å². The molecule has 0 aliphatic rings. The molecule has 2 aromatic heterocycles. The van der Waals surface area contributed by atoms with Gasteiger partial charge in [0.2, 0.25) is 0 Å². The van der Waals surface area contributed by atoms with E-state index in [9.17, 15) is 0 Å². The highest BCUT2D eigenvalue weighted by molar-refractivity contribution is 7.18. The summed E-state index contributed by atoms with van der Waals surface area (Å²) in [5.74, 6) is 0.601. The van der Waals surface area contributed by atoms with E-state index in [0.717, 1.165) is 21.1 Å². The highest BCUT2D eigenvalue weighted by atomic mass is 32.1. The van der Waals surface area contributed by atoms with Crippen LogP contribution in [-0.2, 0) is 0 Å². The van der Waals surface area contributed by atoms with Crippen molar-refractivity contribution < 1.29 is 4.42 Å². The van der Waals surface area contributed by atoms with Crippen molar-refractivity contribution in [1.82, 2.24) is 15.2 Å². The fraction of sp³-hybridized carbons (Fsp3) is 0.100. The maximum Gasteiger partial charge on any atom is 0.322 e. The van der Waals surface area contributed by atoms with Gasteiger partial charge in [-0.2, -0.15) is 0 Å². The molecule has 4 rings (SSSR count). The second-order valence-corrected chi connectivity index (χ2v) is 7.02. The number of anilines is 1. The number of aryl methyl sites for hydroxylation is 1. The Morgan fingerprint density at radius 3 is 2.39 bits per heavy atom. The van der Waals surface area contributed by atoms with E-state index in [4.69, 9.17) is 10.2 Å². The van der Waals surface area contributed by atoms with Gasteiger partial charge in [0.25, 0.3) is 5.89 Å². The molecule has 8 heteroatoms. The van der Waals surface area contributed by atoms with Gasteiger partial charge in [-0.05, 0) is 18.1 Å². The first-order chi connectivity index (χ1) is 13.6. The van der Waals surface area contributed by atoms with Gasteiger partial charge in [0.05, 0.1) is 5.69 Å². The number of nitrogens with two attached hydrogens (primary N) is 1. The monoisotopic (exact) mass is 390 g/mol. The Hall–Kier alpha value is -3.52. The molecule has 0 fully saturated rings. The molecule has 0 saturated carbocycles. The van der Waals surface area contributed by atoms with E-state index in [-0.39, 0.29) is 12.0 Å². The van der Waals surface area contributed by atoms with E-state index in [2.05, 4.69) is 61.9 Å². The molecule has 0 amide bonds. The summed E-state index contributed by atoms with van der Waals surface area (Å²) in [6.07, 6.45) is 0. The van der Waals surface area contributed by atoms with Gasteiger partial charge in [-0.3, -0.25) is 10.3 Å². The Morgan fingerprint density at radius 1 is 1.00 bits per heavy atom. The quantitative estimate of drug-likeness (QED) is 0.400. The van der Waals surface area contributed by atoms with Crippen molar-refractivity contribution in [1.29, 1.82) is 0 Å². The molecular weight excluding hydrogens is 372 g/mol. The van der Waals surface area contributed by atoms with Crippen LogP contribution < -0.4 is 11.1 Å². The fourth-order valence-electron chi connectivity index (χ4n) is 2.69. The molecule has 2 heterocycles. The van der Waals surface area contributed by atoms with Crippen molar-refractivity contribution in [2.45, 2.75) is 6.92 Å². The molecular formula is C20H18N6OS. The lowest BCUT2D eigenvalue weighted by Crippen LogP contribution is -2.22. The molecule has 2 aromatic carbocycles. The molecule has 0 aliphatic heterocycles. The number of nitrogens with zero attached hydrogens (tertiary/aromatic N) is 4. The molecule has 0 radical (unpaired) electrons. The molecule has 0 atom stereocenters. The predicted octanol–water partition coefficient (Wildman–Crippen LogP) is 4.19. The van der Waals surface area contributed by atoms with Crippen LogP contribution in [-0.4, -0.2) is 28.2 Å². The van der Waals surface area contributed by atoms with Crippen molar-refractivity contribution in [3.8, 4) is 32.5 Å². The van der Waals surface area contributed by atoms with Gasteiger partial charge in [-0.25, -0.2) is 4.98 Å². The largest absolute Gasteiger partial charge is 0.402 e. The van der Waals surface area contributed by atoms with E-state index in [1.807, 2.05) is 25.1 Å². The number of benzene rings is 2. The topological polar surface area (TPSA) is 102 Å². The average molecular weight is 390 g/mol. The van der Waals surface area contributed by atoms with Crippen LogP contribution in [0.2, 0.25) is 0 Å². The van der Waals surface area contributed by atoms with Crippen LogP contribution in [0.1, 0.15) is 5.69 Å². The Balaban J connectivity index is 1.59. The number of hydrogen-bond donors (Lipinski definition) is 2. The third kappa shape index (κ3) is 3.63. The Labute approximate surface area is 166 Å². The smallest absolute Gasteiger partial charge is 0.322 e. The zero-order valence-corrected chi connectivity index (χ0v) is 16.2. The summed E-state index contributed by atoms with van der Waals surface area (Å²) in [7, 11) is 1.57. The second kappa shape index (κ2) is 7.61. The standard InChI is InChI=1S/C20H18N6OS/c1-12-16(17-25-26-20(27-17)24-19(21)22-2)28-18(23-12)15-10-8-14(9-11-15)13-6-4-3-5-7-13/h3-11H,1-2H3,(H3,21,22,24,26). The molecule has 0 spiro atoms. The molecule has 140 valence electrons. The minimum absolute atomic E-state index is 0.194. The van der Waals surface area contributed by atoms with Gasteiger partial charge < -0.3 is 10.2 Å². The highest BCUT2D eigenvalue weighted by Crippen LogP contribution is 2.35. The number of guanidine groups is 1. The van der Waals surface area contributed by atoms with Gasteiger partial charge >= 0.3 is 6.01 Å². The maximum absolute atomic E-state index is 5.63. The summed E-state index contributed by atoms with van der Waals surface area (Å²) in [5, 5.41) is 11.6. The zero-order valence-electron chi connectivity index (χ0n) is 15.4. The lowest BCUT2D eigenvalue weighted by atomic mass is 10.0. The van der Waals surface area contributed by atoms with Crippen molar-refractivity contribution in [2.75, 3.05) is 12.4 Å². The summed E-state index contributed by atoms with van der Waals surface area (Å²) in [6.45, 7) is 1.92. The van der Waals surface area contributed by atoms with Gasteiger partial charge in [-0.15, -0.1) is 16.4 Å². The molecule has 4 aromatic rings. The summed E-state index contributed by atoms with van der Waals surface area (Å²) >= 11 is 1.51. The fourth-order valence-corrected chi connectivity index (χ4v) is 3.68. The third-order valence-electron chi connectivity index (χ3n) is 4.13. The Kier molecular flexibility index (Phi) is 4.86. The molecule has 28 heavy (non-hydrogen) atoms. The van der Waals surface area contributed by atoms with Crippen LogP contribution >= 0.6 is 11.3 Å². The zero-order chi connectivity index (χ0) is 19.5. The van der Waals surface area contributed by atoms with Gasteiger partial charge in [0.1, 0.15) is 9.88 Å². The van der Waals surface area contributed by atoms with Crippen molar-refractivity contribution in [2.24, 2.45) is 10.7 Å². The molecule has 0 saturated heterocycles. The number of thiazole rings is 1. The van der Waals surface area contributed by atoms with Crippen LogP contribution in [0.15, 0.2) is 64.0 Å². The minimum Gasteiger partial charge on any atom is -0.402 e. The number of aromatic nitrogens is 3. The normalized spacial score (nSPS) is 11.6. The van der Waals surface area contributed by atoms with Gasteiger partial charge in [0, 0.05) is 12.6 Å². The van der Waals surface area contributed by atoms with Crippen molar-refractivity contribution in [3.63, 3.8) is 0 Å². The third-order valence-corrected chi connectivity index (χ3v) is 5.33. The highest BCUT2D eigenvalue weighted by Gasteiger charge is 2.17. The summed E-state index contributed by atoms with van der Waals surface area (Å²) < 4.78 is 5.63. The van der Waals surface area contributed by atoms with Crippen LogP contribution in [0.5, 0.6) is 0 Å². The molecule has 0 unspecified atom stereocenters. The summed E-state index contributed by atoms with van der Waals surface area (Å²) in [4.78, 5) is 9.30. The molecule has 0 aliphatic carbocycles. The first-order valence-electron chi connectivity index (χ1n) is 8.60. The van der Waals surface area contributed by atoms with E-state index in [1.54, 1.807) is 7.05 Å². The summed E-state index contributed by atoms with van der Waals surface area (Å²) in [5.41, 5.74) is 9.85. The van der Waals surface area contributed by atoms with Crippen LogP contribution in [0, 0.1) is 6.92 Å². The van der Waals surface area contributed by atoms with Gasteiger partial charge in [0.15, 0.2) is 5.96 Å². The average Bonchev–Trinajstić information content (AvgIpc) is 3.35. The van der Waals surface area contributed by atoms with Crippen molar-refractivity contribution >= 4 is 23.3 Å². The first kappa shape index (κ1) is 17.9. The lowest BCUT2D eigenvalue weighted by Gasteiger charge is -2.02. The number of hydrogen-bond acceptors (Lipinski definition) is 6. The molecule has 7 nitrogen and oxygen atoms in total. The predicted molar refractivity (Wildman–Crippen MR) is 112 cm³/mol. The minimum atomic E-state index is 0.194.